The molecule has 24 heavy (non-hydrogen) atoms. The molecule has 0 spiro atoms. The number of nitrogens with one attached hydrogen (secondary N) is 2. The molecule has 2 aromatic rings. The van der Waals surface area contributed by atoms with Crippen molar-refractivity contribution >= 4 is 28.7 Å². The van der Waals surface area contributed by atoms with E-state index in [-0.39, 0.29) is 5.91 Å². The highest BCUT2D eigenvalue weighted by Crippen LogP contribution is 2.25. The third-order valence-corrected chi connectivity index (χ3v) is 5.41. The van der Waals surface area contributed by atoms with Gasteiger partial charge in [-0.25, -0.2) is 4.98 Å². The molecular weight excluding hydrogens is 322 g/mol. The number of aromatic nitrogens is 2. The van der Waals surface area contributed by atoms with Gasteiger partial charge in [-0.2, -0.15) is 0 Å². The zero-order chi connectivity index (χ0) is 16.9. The maximum atomic E-state index is 12.2. The minimum absolute atomic E-state index is 0.0919. The van der Waals surface area contributed by atoms with E-state index < -0.39 is 0 Å². The number of benzene rings is 1. The number of carbonyl (C=O) groups is 1. The Morgan fingerprint density at radius 2 is 2.25 bits per heavy atom. The third kappa shape index (κ3) is 4.23. The van der Waals surface area contributed by atoms with Crippen LogP contribution in [0, 0.1) is 5.92 Å². The lowest BCUT2D eigenvalue weighted by Gasteiger charge is -2.29. The Hall–Kier alpha value is -1.69. The summed E-state index contributed by atoms with van der Waals surface area (Å²) in [4.78, 5) is 20.0. The number of imidazole rings is 1. The van der Waals surface area contributed by atoms with Gasteiger partial charge in [-0.3, -0.25) is 4.79 Å². The van der Waals surface area contributed by atoms with E-state index in [2.05, 4.69) is 22.2 Å². The van der Waals surface area contributed by atoms with Crippen molar-refractivity contribution in [3.05, 3.63) is 18.2 Å². The summed E-state index contributed by atoms with van der Waals surface area (Å²) in [7, 11) is 0. The Morgan fingerprint density at radius 1 is 1.42 bits per heavy atom. The molecule has 6 heteroatoms. The van der Waals surface area contributed by atoms with Crippen LogP contribution < -0.4 is 10.1 Å². The maximum Gasteiger partial charge on any atom is 0.230 e. The molecule has 0 saturated heterocycles. The highest BCUT2D eigenvalue weighted by molar-refractivity contribution is 7.99. The topological polar surface area (TPSA) is 67.0 Å². The first-order chi connectivity index (χ1) is 11.7. The molecule has 1 aliphatic carbocycles. The van der Waals surface area contributed by atoms with Crippen molar-refractivity contribution in [2.24, 2.45) is 5.92 Å². The molecule has 1 aromatic carbocycles. The zero-order valence-corrected chi connectivity index (χ0v) is 15.1. The second-order valence-corrected chi connectivity index (χ2v) is 7.34. The molecule has 5 nitrogen and oxygen atoms in total. The Labute approximate surface area is 146 Å². The van der Waals surface area contributed by atoms with Crippen LogP contribution in [0.15, 0.2) is 23.4 Å². The standard InChI is InChI=1S/C18H25N3O2S/c1-3-23-13-8-9-15-16(10-13)21-18(20-15)24-11-17(22)19-14-7-5-4-6-12(14)2/h8-10,12,14H,3-7,11H2,1-2H3,(H,19,22)(H,20,21). The van der Waals surface area contributed by atoms with Crippen molar-refractivity contribution in [2.45, 2.75) is 50.7 Å². The summed E-state index contributed by atoms with van der Waals surface area (Å²) in [5.41, 5.74) is 1.83. The molecule has 3 rings (SSSR count). The molecule has 1 aromatic heterocycles. The second kappa shape index (κ2) is 7.92. The van der Waals surface area contributed by atoms with Gasteiger partial charge in [0.15, 0.2) is 5.16 Å². The van der Waals surface area contributed by atoms with Crippen LogP contribution in [0.5, 0.6) is 5.75 Å². The van der Waals surface area contributed by atoms with E-state index in [1.165, 1.54) is 31.0 Å². The van der Waals surface area contributed by atoms with Gasteiger partial charge in [-0.15, -0.1) is 0 Å². The van der Waals surface area contributed by atoms with Gasteiger partial charge in [0.2, 0.25) is 5.91 Å². The summed E-state index contributed by atoms with van der Waals surface area (Å²) in [5.74, 6) is 1.89. The number of hydrogen-bond donors (Lipinski definition) is 2. The van der Waals surface area contributed by atoms with Crippen LogP contribution in [0.1, 0.15) is 39.5 Å². The lowest BCUT2D eigenvalue weighted by atomic mass is 9.86. The quantitative estimate of drug-likeness (QED) is 0.781. The number of rotatable bonds is 6. The molecule has 1 aliphatic rings. The van der Waals surface area contributed by atoms with E-state index in [9.17, 15) is 4.79 Å². The number of fused-ring (bicyclic) bond motifs is 1. The number of aromatic amines is 1. The molecule has 2 unspecified atom stereocenters. The van der Waals surface area contributed by atoms with Gasteiger partial charge in [0.05, 0.1) is 23.4 Å². The molecule has 0 bridgehead atoms. The molecule has 0 aliphatic heterocycles. The SMILES string of the molecule is CCOc1ccc2nc(SCC(=O)NC3CCCCC3C)[nH]c2c1. The predicted octanol–water partition coefficient (Wildman–Crippen LogP) is 3.75. The predicted molar refractivity (Wildman–Crippen MR) is 97.5 cm³/mol. The number of carbonyl (C=O) groups excluding carboxylic acids is 1. The van der Waals surface area contributed by atoms with Crippen molar-refractivity contribution in [3.8, 4) is 5.75 Å². The average molecular weight is 347 g/mol. The van der Waals surface area contributed by atoms with Gasteiger partial charge in [-0.1, -0.05) is 31.5 Å². The van der Waals surface area contributed by atoms with Crippen LogP contribution >= 0.6 is 11.8 Å². The van der Waals surface area contributed by atoms with Gasteiger partial charge in [0.1, 0.15) is 5.75 Å². The van der Waals surface area contributed by atoms with Crippen LogP contribution in [0.4, 0.5) is 0 Å². The van der Waals surface area contributed by atoms with Crippen LogP contribution in [0.25, 0.3) is 11.0 Å². The van der Waals surface area contributed by atoms with Gasteiger partial charge in [-0.05, 0) is 37.8 Å². The van der Waals surface area contributed by atoms with Gasteiger partial charge < -0.3 is 15.0 Å². The van der Waals surface area contributed by atoms with Crippen molar-refractivity contribution in [1.82, 2.24) is 15.3 Å². The first-order valence-corrected chi connectivity index (χ1v) is 9.69. The molecule has 1 saturated carbocycles. The first-order valence-electron chi connectivity index (χ1n) is 8.70. The van der Waals surface area contributed by atoms with Crippen LogP contribution in [-0.2, 0) is 4.79 Å². The average Bonchev–Trinajstić information content (AvgIpc) is 2.98. The number of thioether (sulfide) groups is 1. The third-order valence-electron chi connectivity index (χ3n) is 4.54. The summed E-state index contributed by atoms with van der Waals surface area (Å²) in [6, 6.07) is 6.12. The van der Waals surface area contributed by atoms with E-state index >= 15 is 0 Å². The smallest absolute Gasteiger partial charge is 0.230 e. The first kappa shape index (κ1) is 17.1. The van der Waals surface area contributed by atoms with Crippen molar-refractivity contribution < 1.29 is 9.53 Å². The summed E-state index contributed by atoms with van der Waals surface area (Å²) in [6.45, 7) is 4.83. The fraction of sp³-hybridized carbons (Fsp3) is 0.556. The monoisotopic (exact) mass is 347 g/mol. The van der Waals surface area contributed by atoms with Crippen molar-refractivity contribution in [1.29, 1.82) is 0 Å². The Bertz CT molecular complexity index is 701. The number of hydrogen-bond acceptors (Lipinski definition) is 4. The molecule has 130 valence electrons. The van der Waals surface area contributed by atoms with Crippen LogP contribution in [0.2, 0.25) is 0 Å². The molecule has 1 amide bonds. The second-order valence-electron chi connectivity index (χ2n) is 6.38. The molecule has 2 N–H and O–H groups in total. The minimum atomic E-state index is 0.0919. The van der Waals surface area contributed by atoms with E-state index in [4.69, 9.17) is 4.74 Å². The van der Waals surface area contributed by atoms with Gasteiger partial charge in [0.25, 0.3) is 0 Å². The van der Waals surface area contributed by atoms with Crippen molar-refractivity contribution in [3.63, 3.8) is 0 Å². The van der Waals surface area contributed by atoms with Gasteiger partial charge in [0, 0.05) is 12.1 Å². The van der Waals surface area contributed by atoms with E-state index in [0.29, 0.717) is 24.3 Å². The van der Waals surface area contributed by atoms with Crippen LogP contribution in [0.3, 0.4) is 0 Å². The Morgan fingerprint density at radius 3 is 3.04 bits per heavy atom. The highest BCUT2D eigenvalue weighted by atomic mass is 32.2. The minimum Gasteiger partial charge on any atom is -0.494 e. The number of amides is 1. The lowest BCUT2D eigenvalue weighted by Crippen LogP contribution is -2.41. The number of H-pyrrole nitrogens is 1. The summed E-state index contributed by atoms with van der Waals surface area (Å²) >= 11 is 1.44. The Balaban J connectivity index is 1.55. The van der Waals surface area contributed by atoms with Crippen LogP contribution in [-0.4, -0.2) is 34.3 Å². The molecule has 1 fully saturated rings. The normalized spacial score (nSPS) is 20.9. The van der Waals surface area contributed by atoms with Crippen molar-refractivity contribution in [2.75, 3.05) is 12.4 Å². The Kier molecular flexibility index (Phi) is 5.66. The largest absolute Gasteiger partial charge is 0.494 e. The molecule has 2 atom stereocenters. The van der Waals surface area contributed by atoms with Gasteiger partial charge >= 0.3 is 0 Å². The summed E-state index contributed by atoms with van der Waals surface area (Å²) in [5, 5.41) is 3.95. The summed E-state index contributed by atoms with van der Waals surface area (Å²) < 4.78 is 5.50. The maximum absolute atomic E-state index is 12.2. The number of nitrogens with zero attached hydrogens (tertiary/aromatic N) is 1. The fourth-order valence-electron chi connectivity index (χ4n) is 3.20. The summed E-state index contributed by atoms with van der Waals surface area (Å²) in [6.07, 6.45) is 4.81. The van der Waals surface area contributed by atoms with E-state index in [1.54, 1.807) is 0 Å². The number of ether oxygens (including phenoxy) is 1. The fourth-order valence-corrected chi connectivity index (χ4v) is 3.90. The lowest BCUT2D eigenvalue weighted by molar-refractivity contribution is -0.119. The zero-order valence-electron chi connectivity index (χ0n) is 14.3. The highest BCUT2D eigenvalue weighted by Gasteiger charge is 2.22. The van der Waals surface area contributed by atoms with E-state index in [1.807, 2.05) is 25.1 Å². The molecular formula is C18H25N3O2S. The molecule has 0 radical (unpaired) electrons. The van der Waals surface area contributed by atoms with E-state index in [0.717, 1.165) is 28.4 Å². The molecule has 1 heterocycles.